The summed E-state index contributed by atoms with van der Waals surface area (Å²) in [6.45, 7) is 4.21. The zero-order valence-electron chi connectivity index (χ0n) is 18.9. The lowest BCUT2D eigenvalue weighted by Crippen LogP contribution is -2.12. The van der Waals surface area contributed by atoms with Crippen molar-refractivity contribution in [3.63, 3.8) is 0 Å². The van der Waals surface area contributed by atoms with Gasteiger partial charge in [-0.25, -0.2) is 0 Å². The van der Waals surface area contributed by atoms with Crippen LogP contribution in [0.2, 0.25) is 0 Å². The summed E-state index contributed by atoms with van der Waals surface area (Å²) >= 11 is 0. The van der Waals surface area contributed by atoms with E-state index >= 15 is 0 Å². The highest BCUT2D eigenvalue weighted by molar-refractivity contribution is 7.86. The zero-order chi connectivity index (χ0) is 22.2. The molecule has 0 fully saturated rings. The molecule has 6 heteroatoms. The molecule has 1 aromatic rings. The first-order chi connectivity index (χ1) is 14.3. The maximum Gasteiger partial charge on any atom is 0.298 e. The molecule has 0 saturated carbocycles. The van der Waals surface area contributed by atoms with Gasteiger partial charge in [-0.3, -0.25) is 4.55 Å². The molecule has 0 heterocycles. The van der Waals surface area contributed by atoms with Crippen LogP contribution in [0.5, 0.6) is 11.5 Å². The standard InChI is InChI=1S/C24H42O5S/c1-3-4-5-6-7-8-9-10-11-12-13-14-15-16-17-21(2)29-22-18-19-23(25)24(20-22)30(26,27)28/h18-21,25H,3-17H2,1-2H3,(H,26,27,28). The summed E-state index contributed by atoms with van der Waals surface area (Å²) in [5.41, 5.74) is 0. The van der Waals surface area contributed by atoms with E-state index in [1.165, 1.54) is 95.6 Å². The van der Waals surface area contributed by atoms with Gasteiger partial charge in [-0.1, -0.05) is 90.4 Å². The van der Waals surface area contributed by atoms with Gasteiger partial charge in [-0.2, -0.15) is 8.42 Å². The lowest BCUT2D eigenvalue weighted by molar-refractivity contribution is 0.205. The minimum Gasteiger partial charge on any atom is -0.506 e. The number of rotatable bonds is 18. The number of unbranched alkanes of at least 4 members (excludes halogenated alkanes) is 13. The van der Waals surface area contributed by atoms with Gasteiger partial charge in [-0.15, -0.1) is 0 Å². The molecule has 0 aromatic heterocycles. The smallest absolute Gasteiger partial charge is 0.298 e. The topological polar surface area (TPSA) is 83.8 Å². The lowest BCUT2D eigenvalue weighted by Gasteiger charge is -2.15. The molecule has 0 spiro atoms. The van der Waals surface area contributed by atoms with Crippen molar-refractivity contribution in [1.29, 1.82) is 0 Å². The number of benzene rings is 1. The molecule has 0 saturated heterocycles. The maximum atomic E-state index is 11.3. The summed E-state index contributed by atoms with van der Waals surface area (Å²) < 4.78 is 37.4. The summed E-state index contributed by atoms with van der Waals surface area (Å²) in [6.07, 6.45) is 19.4. The van der Waals surface area contributed by atoms with Crippen LogP contribution < -0.4 is 4.74 Å². The molecule has 0 bridgehead atoms. The summed E-state index contributed by atoms with van der Waals surface area (Å²) in [7, 11) is -4.46. The second kappa shape index (κ2) is 15.5. The molecule has 0 aliphatic heterocycles. The molecule has 1 rings (SSSR count). The van der Waals surface area contributed by atoms with Crippen LogP contribution in [-0.4, -0.2) is 24.2 Å². The van der Waals surface area contributed by atoms with Crippen LogP contribution in [0.15, 0.2) is 23.1 Å². The second-order valence-electron chi connectivity index (χ2n) is 8.42. The molecule has 0 radical (unpaired) electrons. The first-order valence-electron chi connectivity index (χ1n) is 11.8. The molecular formula is C24H42O5S. The lowest BCUT2D eigenvalue weighted by atomic mass is 10.0. The van der Waals surface area contributed by atoms with E-state index in [0.29, 0.717) is 5.75 Å². The number of hydrogen-bond donors (Lipinski definition) is 2. The van der Waals surface area contributed by atoms with Crippen molar-refractivity contribution in [1.82, 2.24) is 0 Å². The molecule has 1 aromatic carbocycles. The highest BCUT2D eigenvalue weighted by atomic mass is 32.2. The molecule has 1 atom stereocenters. The van der Waals surface area contributed by atoms with Crippen LogP contribution >= 0.6 is 0 Å². The van der Waals surface area contributed by atoms with E-state index in [1.807, 2.05) is 6.92 Å². The number of phenolic OH excluding ortho intramolecular Hbond substituents is 1. The molecule has 0 aliphatic rings. The van der Waals surface area contributed by atoms with Crippen LogP contribution in [-0.2, 0) is 10.1 Å². The third-order valence-corrected chi connectivity index (χ3v) is 6.39. The van der Waals surface area contributed by atoms with Crippen LogP contribution in [0.4, 0.5) is 0 Å². The molecule has 2 N–H and O–H groups in total. The Balaban J connectivity index is 2.03. The van der Waals surface area contributed by atoms with E-state index in [4.69, 9.17) is 9.29 Å². The van der Waals surface area contributed by atoms with Gasteiger partial charge in [0.25, 0.3) is 10.1 Å². The number of hydrogen-bond acceptors (Lipinski definition) is 4. The van der Waals surface area contributed by atoms with Gasteiger partial charge in [0.05, 0.1) is 6.10 Å². The van der Waals surface area contributed by atoms with Gasteiger partial charge in [0.1, 0.15) is 16.4 Å². The Morgan fingerprint density at radius 2 is 1.30 bits per heavy atom. The van der Waals surface area contributed by atoms with E-state index in [2.05, 4.69) is 6.92 Å². The zero-order valence-corrected chi connectivity index (χ0v) is 19.8. The Morgan fingerprint density at radius 1 is 0.833 bits per heavy atom. The van der Waals surface area contributed by atoms with Crippen molar-refractivity contribution >= 4 is 10.1 Å². The fourth-order valence-electron chi connectivity index (χ4n) is 3.69. The van der Waals surface area contributed by atoms with Gasteiger partial charge >= 0.3 is 0 Å². The Kier molecular flexibility index (Phi) is 13.8. The predicted octanol–water partition coefficient (Wildman–Crippen LogP) is 7.28. The predicted molar refractivity (Wildman–Crippen MR) is 123 cm³/mol. The van der Waals surface area contributed by atoms with Crippen LogP contribution in [0.3, 0.4) is 0 Å². The van der Waals surface area contributed by atoms with Crippen molar-refractivity contribution in [2.45, 2.75) is 121 Å². The normalized spacial score (nSPS) is 12.8. The number of aromatic hydroxyl groups is 1. The van der Waals surface area contributed by atoms with Crippen molar-refractivity contribution in [3.05, 3.63) is 18.2 Å². The summed E-state index contributed by atoms with van der Waals surface area (Å²) in [6, 6.07) is 3.88. The second-order valence-corrected chi connectivity index (χ2v) is 9.81. The van der Waals surface area contributed by atoms with Crippen molar-refractivity contribution in [3.8, 4) is 11.5 Å². The Hall–Kier alpha value is -1.27. The SMILES string of the molecule is CCCCCCCCCCCCCCCCC(C)Oc1ccc(O)c(S(=O)(=O)O)c1. The van der Waals surface area contributed by atoms with Gasteiger partial charge in [0, 0.05) is 6.07 Å². The molecule has 0 aliphatic carbocycles. The molecule has 0 amide bonds. The number of phenols is 1. The molecular weight excluding hydrogens is 400 g/mol. The third kappa shape index (κ3) is 12.4. The average molecular weight is 443 g/mol. The van der Waals surface area contributed by atoms with E-state index in [1.54, 1.807) is 0 Å². The van der Waals surface area contributed by atoms with E-state index in [-0.39, 0.29) is 6.10 Å². The molecule has 30 heavy (non-hydrogen) atoms. The highest BCUT2D eigenvalue weighted by Gasteiger charge is 2.17. The van der Waals surface area contributed by atoms with E-state index in [9.17, 15) is 13.5 Å². The van der Waals surface area contributed by atoms with Gasteiger partial charge in [0.15, 0.2) is 0 Å². The minimum atomic E-state index is -4.46. The maximum absolute atomic E-state index is 11.3. The van der Waals surface area contributed by atoms with Crippen LogP contribution in [0.25, 0.3) is 0 Å². The Morgan fingerprint density at radius 3 is 1.77 bits per heavy atom. The van der Waals surface area contributed by atoms with Gasteiger partial charge < -0.3 is 9.84 Å². The Bertz CT molecular complexity index is 672. The number of ether oxygens (including phenoxy) is 1. The first-order valence-corrected chi connectivity index (χ1v) is 13.3. The summed E-state index contributed by atoms with van der Waals surface area (Å²) in [4.78, 5) is -0.524. The minimum absolute atomic E-state index is 0.0545. The largest absolute Gasteiger partial charge is 0.506 e. The van der Waals surface area contributed by atoms with Crippen molar-refractivity contribution < 1.29 is 22.8 Å². The average Bonchev–Trinajstić information content (AvgIpc) is 2.69. The monoisotopic (exact) mass is 442 g/mol. The summed E-state index contributed by atoms with van der Waals surface area (Å²) in [5, 5.41) is 9.55. The van der Waals surface area contributed by atoms with Crippen molar-refractivity contribution in [2.75, 3.05) is 0 Å². The van der Waals surface area contributed by atoms with Gasteiger partial charge in [-0.05, 0) is 31.9 Å². The molecule has 174 valence electrons. The molecule has 5 nitrogen and oxygen atoms in total. The molecule has 1 unspecified atom stereocenters. The van der Waals surface area contributed by atoms with E-state index in [0.717, 1.165) is 18.9 Å². The fraction of sp³-hybridized carbons (Fsp3) is 0.750. The first kappa shape index (κ1) is 26.8. The summed E-state index contributed by atoms with van der Waals surface area (Å²) in [5.74, 6) is -0.150. The fourth-order valence-corrected chi connectivity index (χ4v) is 4.29. The van der Waals surface area contributed by atoms with Crippen LogP contribution in [0, 0.1) is 0 Å². The third-order valence-electron chi connectivity index (χ3n) is 5.51. The van der Waals surface area contributed by atoms with E-state index < -0.39 is 20.8 Å². The van der Waals surface area contributed by atoms with Crippen LogP contribution in [0.1, 0.15) is 110 Å². The Labute approximate surface area is 184 Å². The van der Waals surface area contributed by atoms with Crippen molar-refractivity contribution in [2.24, 2.45) is 0 Å². The van der Waals surface area contributed by atoms with Gasteiger partial charge in [0.2, 0.25) is 0 Å². The quantitative estimate of drug-likeness (QED) is 0.184. The highest BCUT2D eigenvalue weighted by Crippen LogP contribution is 2.28.